The van der Waals surface area contributed by atoms with E-state index in [1.807, 2.05) is 30.3 Å². The Morgan fingerprint density at radius 3 is 2.24 bits per heavy atom. The van der Waals surface area contributed by atoms with Crippen LogP contribution in [0.3, 0.4) is 0 Å². The van der Waals surface area contributed by atoms with Crippen LogP contribution >= 0.6 is 0 Å². The van der Waals surface area contributed by atoms with E-state index in [0.29, 0.717) is 38.8 Å². The second-order valence-electron chi connectivity index (χ2n) is 9.00. The SMILES string of the molecule is O=C1NC(=O)C2(CCC(C(=O)N3CCN(S(=O)(=O)c4ccc5ccccc5c4)CC3)CC2)N1. The summed E-state index contributed by atoms with van der Waals surface area (Å²) in [6.07, 6.45) is 1.89. The predicted molar refractivity (Wildman–Crippen MR) is 121 cm³/mol. The molecule has 1 spiro atoms. The normalized spacial score (nSPS) is 26.4. The van der Waals surface area contributed by atoms with E-state index >= 15 is 0 Å². The summed E-state index contributed by atoms with van der Waals surface area (Å²) in [7, 11) is -3.64. The van der Waals surface area contributed by atoms with Gasteiger partial charge in [-0.3, -0.25) is 14.9 Å². The number of piperazine rings is 1. The molecule has 0 atom stereocenters. The largest absolute Gasteiger partial charge is 0.340 e. The van der Waals surface area contributed by atoms with E-state index in [9.17, 15) is 22.8 Å². The number of benzene rings is 2. The minimum Gasteiger partial charge on any atom is -0.340 e. The molecule has 2 aliphatic heterocycles. The number of carbonyl (C=O) groups is 3. The number of fused-ring (bicyclic) bond motifs is 1. The van der Waals surface area contributed by atoms with Gasteiger partial charge in [-0.2, -0.15) is 4.31 Å². The zero-order chi connectivity index (χ0) is 23.2. The third-order valence-corrected chi connectivity index (χ3v) is 9.01. The molecule has 4 amide bonds. The second-order valence-corrected chi connectivity index (χ2v) is 10.9. The molecule has 10 heteroatoms. The monoisotopic (exact) mass is 470 g/mol. The molecule has 5 rings (SSSR count). The van der Waals surface area contributed by atoms with E-state index in [2.05, 4.69) is 10.6 Å². The lowest BCUT2D eigenvalue weighted by Crippen LogP contribution is -2.54. The standard InChI is InChI=1S/C23H26N4O5S/c28-20(17-7-9-23(10-8-17)21(29)24-22(30)25-23)26-11-13-27(14-12-26)33(31,32)19-6-5-16-3-1-2-4-18(16)15-19/h1-6,15,17H,7-14H2,(H2,24,25,29,30). The zero-order valence-corrected chi connectivity index (χ0v) is 18.9. The average molecular weight is 471 g/mol. The number of nitrogens with zero attached hydrogens (tertiary/aromatic N) is 2. The minimum atomic E-state index is -3.64. The third kappa shape index (κ3) is 3.87. The number of hydrogen-bond acceptors (Lipinski definition) is 5. The van der Waals surface area contributed by atoms with Crippen molar-refractivity contribution in [3.63, 3.8) is 0 Å². The van der Waals surface area contributed by atoms with Crippen molar-refractivity contribution in [2.75, 3.05) is 26.2 Å². The first-order valence-electron chi connectivity index (χ1n) is 11.2. The van der Waals surface area contributed by atoms with Crippen LogP contribution in [0.5, 0.6) is 0 Å². The van der Waals surface area contributed by atoms with Crippen LogP contribution in [0.25, 0.3) is 10.8 Å². The minimum absolute atomic E-state index is 0.00247. The number of hydrogen-bond donors (Lipinski definition) is 2. The van der Waals surface area contributed by atoms with E-state index in [-0.39, 0.29) is 35.7 Å². The number of amides is 4. The molecule has 3 fully saturated rings. The lowest BCUT2D eigenvalue weighted by molar-refractivity contribution is -0.139. The number of sulfonamides is 1. The fourth-order valence-corrected chi connectivity index (χ4v) is 6.58. The summed E-state index contributed by atoms with van der Waals surface area (Å²) in [6.45, 7) is 1.17. The molecule has 3 aliphatic rings. The highest BCUT2D eigenvalue weighted by molar-refractivity contribution is 7.89. The smallest absolute Gasteiger partial charge is 0.322 e. The Morgan fingerprint density at radius 1 is 0.939 bits per heavy atom. The molecule has 0 radical (unpaired) electrons. The highest BCUT2D eigenvalue weighted by atomic mass is 32.2. The second kappa shape index (κ2) is 8.11. The molecule has 1 aliphatic carbocycles. The molecule has 2 N–H and O–H groups in total. The van der Waals surface area contributed by atoms with Crippen molar-refractivity contribution >= 4 is 38.6 Å². The maximum absolute atomic E-state index is 13.2. The number of carbonyl (C=O) groups excluding carboxylic acids is 3. The highest BCUT2D eigenvalue weighted by Gasteiger charge is 2.49. The molecule has 2 aromatic rings. The van der Waals surface area contributed by atoms with Crippen LogP contribution in [-0.2, 0) is 19.6 Å². The molecular weight excluding hydrogens is 444 g/mol. The van der Waals surface area contributed by atoms with Crippen molar-refractivity contribution in [3.05, 3.63) is 42.5 Å². The van der Waals surface area contributed by atoms with Gasteiger partial charge < -0.3 is 10.2 Å². The van der Waals surface area contributed by atoms with Gasteiger partial charge in [0.05, 0.1) is 4.90 Å². The lowest BCUT2D eigenvalue weighted by Gasteiger charge is -2.39. The average Bonchev–Trinajstić information content (AvgIpc) is 3.10. The van der Waals surface area contributed by atoms with E-state index in [1.165, 1.54) is 4.31 Å². The van der Waals surface area contributed by atoms with Crippen LogP contribution in [0.1, 0.15) is 25.7 Å². The Bertz CT molecular complexity index is 1230. The van der Waals surface area contributed by atoms with Crippen LogP contribution in [0.15, 0.2) is 47.4 Å². The van der Waals surface area contributed by atoms with Crippen LogP contribution < -0.4 is 10.6 Å². The van der Waals surface area contributed by atoms with E-state index < -0.39 is 21.6 Å². The molecule has 0 bridgehead atoms. The molecule has 9 nitrogen and oxygen atoms in total. The lowest BCUT2D eigenvalue weighted by atomic mass is 9.76. The molecule has 2 saturated heterocycles. The topological polar surface area (TPSA) is 116 Å². The van der Waals surface area contributed by atoms with Gasteiger partial charge in [-0.25, -0.2) is 13.2 Å². The van der Waals surface area contributed by atoms with E-state index in [1.54, 1.807) is 17.0 Å². The summed E-state index contributed by atoms with van der Waals surface area (Å²) in [5, 5.41) is 6.84. The van der Waals surface area contributed by atoms with Crippen molar-refractivity contribution in [1.82, 2.24) is 19.8 Å². The fourth-order valence-electron chi connectivity index (χ4n) is 5.12. The molecule has 174 valence electrons. The number of urea groups is 1. The van der Waals surface area contributed by atoms with Crippen molar-refractivity contribution < 1.29 is 22.8 Å². The number of nitrogens with one attached hydrogen (secondary N) is 2. The van der Waals surface area contributed by atoms with Crippen molar-refractivity contribution in [2.24, 2.45) is 5.92 Å². The number of rotatable bonds is 3. The first-order valence-corrected chi connectivity index (χ1v) is 12.6. The maximum atomic E-state index is 13.2. The Labute approximate surface area is 192 Å². The Morgan fingerprint density at radius 2 is 1.61 bits per heavy atom. The van der Waals surface area contributed by atoms with E-state index in [4.69, 9.17) is 0 Å². The first-order chi connectivity index (χ1) is 15.8. The summed E-state index contributed by atoms with van der Waals surface area (Å²) < 4.78 is 27.8. The van der Waals surface area contributed by atoms with Gasteiger partial charge in [0.1, 0.15) is 5.54 Å². The summed E-state index contributed by atoms with van der Waals surface area (Å²) in [5.74, 6) is -0.534. The molecule has 0 aromatic heterocycles. The quantitative estimate of drug-likeness (QED) is 0.659. The van der Waals surface area contributed by atoms with E-state index in [0.717, 1.165) is 10.8 Å². The Hall–Kier alpha value is -2.98. The Kier molecular flexibility index (Phi) is 5.37. The first kappa shape index (κ1) is 21.8. The van der Waals surface area contributed by atoms with Crippen molar-refractivity contribution in [3.8, 4) is 0 Å². The fraction of sp³-hybridized carbons (Fsp3) is 0.435. The van der Waals surface area contributed by atoms with Crippen LogP contribution in [-0.4, -0.2) is 67.2 Å². The van der Waals surface area contributed by atoms with Gasteiger partial charge in [0.15, 0.2) is 0 Å². The third-order valence-electron chi connectivity index (χ3n) is 7.11. The molecule has 0 unspecified atom stereocenters. The van der Waals surface area contributed by atoms with Crippen LogP contribution in [0.4, 0.5) is 4.79 Å². The zero-order valence-electron chi connectivity index (χ0n) is 18.1. The maximum Gasteiger partial charge on any atom is 0.322 e. The summed E-state index contributed by atoms with van der Waals surface area (Å²) in [5.41, 5.74) is -0.888. The van der Waals surface area contributed by atoms with Gasteiger partial charge in [-0.15, -0.1) is 0 Å². The molecule has 2 heterocycles. The van der Waals surface area contributed by atoms with Crippen molar-refractivity contribution in [1.29, 1.82) is 0 Å². The van der Waals surface area contributed by atoms with Gasteiger partial charge in [0, 0.05) is 32.1 Å². The van der Waals surface area contributed by atoms with Crippen LogP contribution in [0.2, 0.25) is 0 Å². The highest BCUT2D eigenvalue weighted by Crippen LogP contribution is 2.35. The van der Waals surface area contributed by atoms with Gasteiger partial charge >= 0.3 is 6.03 Å². The molecular formula is C23H26N4O5S. The van der Waals surface area contributed by atoms with Gasteiger partial charge in [-0.05, 0) is 48.6 Å². The van der Waals surface area contributed by atoms with Gasteiger partial charge in [-0.1, -0.05) is 30.3 Å². The number of imide groups is 1. The van der Waals surface area contributed by atoms with Gasteiger partial charge in [0.25, 0.3) is 5.91 Å². The summed E-state index contributed by atoms with van der Waals surface area (Å²) >= 11 is 0. The Balaban J connectivity index is 1.20. The summed E-state index contributed by atoms with van der Waals surface area (Å²) in [4.78, 5) is 38.6. The molecule has 2 aromatic carbocycles. The van der Waals surface area contributed by atoms with Crippen LogP contribution in [0, 0.1) is 5.92 Å². The summed E-state index contributed by atoms with van der Waals surface area (Å²) in [6, 6.07) is 12.3. The van der Waals surface area contributed by atoms with Crippen molar-refractivity contribution in [2.45, 2.75) is 36.1 Å². The van der Waals surface area contributed by atoms with Gasteiger partial charge in [0.2, 0.25) is 15.9 Å². The molecule has 33 heavy (non-hydrogen) atoms. The molecule has 1 saturated carbocycles. The predicted octanol–water partition coefficient (Wildman–Crippen LogP) is 1.44.